The molecule has 2 aromatic carbocycles. The highest BCUT2D eigenvalue weighted by Crippen LogP contribution is 2.18. The molecule has 0 bridgehead atoms. The summed E-state index contributed by atoms with van der Waals surface area (Å²) in [6, 6.07) is 15.5. The third-order valence-electron chi connectivity index (χ3n) is 3.21. The van der Waals surface area contributed by atoms with Crippen molar-refractivity contribution in [2.24, 2.45) is 0 Å². The first-order valence-corrected chi connectivity index (χ1v) is 7.33. The summed E-state index contributed by atoms with van der Waals surface area (Å²) in [5.74, 6) is 0. The molecular formula is C17H21ClN2O. The molecule has 3 nitrogen and oxygen atoms in total. The largest absolute Gasteiger partial charge is 0.387 e. The van der Waals surface area contributed by atoms with E-state index < -0.39 is 6.10 Å². The van der Waals surface area contributed by atoms with Gasteiger partial charge in [-0.3, -0.25) is 0 Å². The molecule has 4 heteroatoms. The van der Waals surface area contributed by atoms with Crippen LogP contribution in [0.1, 0.15) is 17.2 Å². The lowest BCUT2D eigenvalue weighted by molar-refractivity contribution is 0.191. The van der Waals surface area contributed by atoms with Crippen LogP contribution in [0.25, 0.3) is 0 Å². The Hall–Kier alpha value is -1.55. The van der Waals surface area contributed by atoms with Crippen LogP contribution in [0.2, 0.25) is 5.02 Å². The van der Waals surface area contributed by atoms with E-state index in [-0.39, 0.29) is 0 Å². The van der Waals surface area contributed by atoms with Crippen LogP contribution >= 0.6 is 11.6 Å². The molecule has 0 aliphatic rings. The van der Waals surface area contributed by atoms with Gasteiger partial charge < -0.3 is 15.3 Å². The van der Waals surface area contributed by atoms with Crippen molar-refractivity contribution < 1.29 is 5.11 Å². The fraction of sp³-hybridized carbons (Fsp3) is 0.294. The Morgan fingerprint density at radius 1 is 1.05 bits per heavy atom. The molecule has 0 spiro atoms. The summed E-state index contributed by atoms with van der Waals surface area (Å²) in [5, 5.41) is 14.1. The van der Waals surface area contributed by atoms with Gasteiger partial charge in [-0.1, -0.05) is 35.9 Å². The maximum atomic E-state index is 10.1. The topological polar surface area (TPSA) is 35.5 Å². The average Bonchev–Trinajstić information content (AvgIpc) is 2.46. The Morgan fingerprint density at radius 3 is 2.24 bits per heavy atom. The van der Waals surface area contributed by atoms with E-state index in [1.54, 1.807) is 12.1 Å². The molecule has 1 unspecified atom stereocenters. The van der Waals surface area contributed by atoms with Gasteiger partial charge in [-0.2, -0.15) is 0 Å². The van der Waals surface area contributed by atoms with E-state index in [0.717, 1.165) is 17.8 Å². The molecule has 0 saturated carbocycles. The summed E-state index contributed by atoms with van der Waals surface area (Å²) in [4.78, 5) is 2.13. The second-order valence-electron chi connectivity index (χ2n) is 5.38. The van der Waals surface area contributed by atoms with Crippen LogP contribution in [0.5, 0.6) is 0 Å². The number of halogens is 1. The van der Waals surface area contributed by atoms with E-state index in [1.165, 1.54) is 5.56 Å². The van der Waals surface area contributed by atoms with E-state index in [1.807, 2.05) is 24.3 Å². The predicted molar refractivity (Wildman–Crippen MR) is 88.7 cm³/mol. The normalized spacial score (nSPS) is 12.4. The molecule has 0 fully saturated rings. The number of anilines is 1. The Balaban J connectivity index is 1.88. The lowest BCUT2D eigenvalue weighted by Crippen LogP contribution is -2.12. The van der Waals surface area contributed by atoms with Crippen molar-refractivity contribution in [2.45, 2.75) is 12.6 Å². The van der Waals surface area contributed by atoms with Gasteiger partial charge in [0.2, 0.25) is 0 Å². The van der Waals surface area contributed by atoms with Gasteiger partial charge in [-0.05, 0) is 49.5 Å². The Labute approximate surface area is 131 Å². The van der Waals surface area contributed by atoms with Crippen LogP contribution in [0.15, 0.2) is 48.5 Å². The molecule has 0 heterocycles. The number of aliphatic hydroxyl groups excluding tert-OH is 1. The number of benzene rings is 2. The first-order chi connectivity index (χ1) is 10.0. The van der Waals surface area contributed by atoms with Crippen LogP contribution in [-0.2, 0) is 6.54 Å². The number of rotatable bonds is 6. The van der Waals surface area contributed by atoms with Gasteiger partial charge in [0, 0.05) is 23.8 Å². The minimum atomic E-state index is -0.552. The smallest absolute Gasteiger partial charge is 0.0962 e. The Kier molecular flexibility index (Phi) is 5.62. The van der Waals surface area contributed by atoms with Crippen molar-refractivity contribution >= 4 is 17.3 Å². The van der Waals surface area contributed by atoms with Crippen molar-refractivity contribution in [2.75, 3.05) is 26.0 Å². The van der Waals surface area contributed by atoms with E-state index in [2.05, 4.69) is 36.4 Å². The highest BCUT2D eigenvalue weighted by molar-refractivity contribution is 6.30. The number of nitrogens with zero attached hydrogens (tertiary/aromatic N) is 1. The molecule has 0 amide bonds. The molecule has 0 radical (unpaired) electrons. The van der Waals surface area contributed by atoms with Crippen molar-refractivity contribution in [3.8, 4) is 0 Å². The van der Waals surface area contributed by atoms with Crippen molar-refractivity contribution in [1.29, 1.82) is 0 Å². The molecule has 2 aromatic rings. The molecule has 0 aliphatic carbocycles. The van der Waals surface area contributed by atoms with Crippen LogP contribution in [-0.4, -0.2) is 30.6 Å². The molecule has 2 rings (SSSR count). The lowest BCUT2D eigenvalue weighted by atomic mass is 10.1. The maximum Gasteiger partial charge on any atom is 0.0962 e. The summed E-state index contributed by atoms with van der Waals surface area (Å²) >= 11 is 5.84. The second-order valence-corrected chi connectivity index (χ2v) is 5.82. The van der Waals surface area contributed by atoms with Gasteiger partial charge in [-0.25, -0.2) is 0 Å². The zero-order chi connectivity index (χ0) is 15.2. The van der Waals surface area contributed by atoms with Crippen molar-refractivity contribution in [3.05, 3.63) is 64.7 Å². The van der Waals surface area contributed by atoms with Crippen LogP contribution in [0.3, 0.4) is 0 Å². The summed E-state index contributed by atoms with van der Waals surface area (Å²) in [5.41, 5.74) is 3.13. The van der Waals surface area contributed by atoms with Crippen molar-refractivity contribution in [1.82, 2.24) is 4.90 Å². The third kappa shape index (κ3) is 5.05. The van der Waals surface area contributed by atoms with E-state index in [9.17, 15) is 5.11 Å². The van der Waals surface area contributed by atoms with E-state index >= 15 is 0 Å². The molecule has 1 atom stereocenters. The number of nitrogens with one attached hydrogen (secondary N) is 1. The van der Waals surface area contributed by atoms with Crippen LogP contribution in [0, 0.1) is 0 Å². The molecule has 112 valence electrons. The van der Waals surface area contributed by atoms with E-state index in [0.29, 0.717) is 11.6 Å². The first-order valence-electron chi connectivity index (χ1n) is 6.95. The standard InChI is InChI=1S/C17H21ClN2O/c1-20(2)12-13-3-9-16(10-4-13)19-11-17(21)14-5-7-15(18)8-6-14/h3-10,17,19,21H,11-12H2,1-2H3. The Morgan fingerprint density at radius 2 is 1.67 bits per heavy atom. The minimum absolute atomic E-state index is 0.467. The lowest BCUT2D eigenvalue weighted by Gasteiger charge is -2.14. The van der Waals surface area contributed by atoms with Crippen LogP contribution < -0.4 is 5.32 Å². The SMILES string of the molecule is CN(C)Cc1ccc(NCC(O)c2ccc(Cl)cc2)cc1. The predicted octanol–water partition coefficient (Wildman–Crippen LogP) is 3.55. The number of hydrogen-bond donors (Lipinski definition) is 2. The first kappa shape index (κ1) is 15.8. The van der Waals surface area contributed by atoms with Gasteiger partial charge in [0.1, 0.15) is 0 Å². The van der Waals surface area contributed by atoms with Crippen molar-refractivity contribution in [3.63, 3.8) is 0 Å². The van der Waals surface area contributed by atoms with Gasteiger partial charge >= 0.3 is 0 Å². The zero-order valence-corrected chi connectivity index (χ0v) is 13.1. The quantitative estimate of drug-likeness (QED) is 0.857. The minimum Gasteiger partial charge on any atom is -0.387 e. The summed E-state index contributed by atoms with van der Waals surface area (Å²) in [6.07, 6.45) is -0.552. The molecule has 21 heavy (non-hydrogen) atoms. The highest BCUT2D eigenvalue weighted by atomic mass is 35.5. The fourth-order valence-electron chi connectivity index (χ4n) is 2.11. The summed E-state index contributed by atoms with van der Waals surface area (Å²) < 4.78 is 0. The summed E-state index contributed by atoms with van der Waals surface area (Å²) in [7, 11) is 4.10. The second kappa shape index (κ2) is 7.46. The monoisotopic (exact) mass is 304 g/mol. The third-order valence-corrected chi connectivity index (χ3v) is 3.46. The molecular weight excluding hydrogens is 284 g/mol. The summed E-state index contributed by atoms with van der Waals surface area (Å²) in [6.45, 7) is 1.39. The van der Waals surface area contributed by atoms with Gasteiger partial charge in [0.05, 0.1) is 6.10 Å². The molecule has 0 aromatic heterocycles. The van der Waals surface area contributed by atoms with Crippen LogP contribution in [0.4, 0.5) is 5.69 Å². The van der Waals surface area contributed by atoms with E-state index in [4.69, 9.17) is 11.6 Å². The Bertz CT molecular complexity index is 552. The zero-order valence-electron chi connectivity index (χ0n) is 12.4. The number of aliphatic hydroxyl groups is 1. The van der Waals surface area contributed by atoms with Gasteiger partial charge in [0.15, 0.2) is 0 Å². The average molecular weight is 305 g/mol. The molecule has 0 saturated heterocycles. The fourth-order valence-corrected chi connectivity index (χ4v) is 2.24. The van der Waals surface area contributed by atoms with Gasteiger partial charge in [0.25, 0.3) is 0 Å². The number of hydrogen-bond acceptors (Lipinski definition) is 3. The highest BCUT2D eigenvalue weighted by Gasteiger charge is 2.07. The maximum absolute atomic E-state index is 10.1. The molecule has 0 aliphatic heterocycles. The molecule has 2 N–H and O–H groups in total. The van der Waals surface area contributed by atoms with Gasteiger partial charge in [-0.15, -0.1) is 0 Å².